The minimum atomic E-state index is 0.585. The van der Waals surface area contributed by atoms with Crippen LogP contribution >= 0.6 is 0 Å². The highest BCUT2D eigenvalue weighted by molar-refractivity contribution is 5.84. The van der Waals surface area contributed by atoms with Gasteiger partial charge >= 0.3 is 0 Å². The van der Waals surface area contributed by atoms with E-state index in [1.165, 1.54) is 13.0 Å². The highest BCUT2D eigenvalue weighted by Gasteiger charge is 2.22. The third-order valence-electron chi connectivity index (χ3n) is 4.00. The van der Waals surface area contributed by atoms with Crippen molar-refractivity contribution in [2.75, 3.05) is 32.5 Å². The summed E-state index contributed by atoms with van der Waals surface area (Å²) in [6.07, 6.45) is 1.22. The molecule has 1 aliphatic rings. The maximum atomic E-state index is 6.11. The Morgan fingerprint density at radius 2 is 2.30 bits per heavy atom. The number of aromatic nitrogens is 2. The van der Waals surface area contributed by atoms with Gasteiger partial charge in [0.2, 0.25) is 5.95 Å². The molecule has 5 nitrogen and oxygen atoms in total. The van der Waals surface area contributed by atoms with E-state index >= 15 is 0 Å². The minimum absolute atomic E-state index is 0.585. The van der Waals surface area contributed by atoms with Crippen molar-refractivity contribution in [3.8, 4) is 5.75 Å². The van der Waals surface area contributed by atoms with Gasteiger partial charge in [0.25, 0.3) is 0 Å². The molecule has 1 aliphatic heterocycles. The van der Waals surface area contributed by atoms with Gasteiger partial charge in [-0.25, -0.2) is 4.98 Å². The molecular formula is C15H22N4O. The van der Waals surface area contributed by atoms with E-state index in [4.69, 9.17) is 10.5 Å². The van der Waals surface area contributed by atoms with E-state index in [1.54, 1.807) is 0 Å². The number of anilines is 1. The summed E-state index contributed by atoms with van der Waals surface area (Å²) in [7, 11) is 2.17. The van der Waals surface area contributed by atoms with Gasteiger partial charge in [0.1, 0.15) is 11.3 Å². The molecule has 0 bridgehead atoms. The summed E-state index contributed by atoms with van der Waals surface area (Å²) in [5.74, 6) is 2.05. The van der Waals surface area contributed by atoms with Crippen molar-refractivity contribution < 1.29 is 4.74 Å². The molecule has 0 radical (unpaired) electrons. The zero-order valence-corrected chi connectivity index (χ0v) is 12.2. The van der Waals surface area contributed by atoms with Crippen molar-refractivity contribution in [2.45, 2.75) is 19.9 Å². The summed E-state index contributed by atoms with van der Waals surface area (Å²) in [6, 6.07) is 6.03. The molecule has 0 amide bonds. The number of nitrogens with two attached hydrogens (primary N) is 1. The van der Waals surface area contributed by atoms with Crippen LogP contribution in [0.2, 0.25) is 0 Å². The zero-order valence-electron chi connectivity index (χ0n) is 12.2. The summed E-state index contributed by atoms with van der Waals surface area (Å²) in [5.41, 5.74) is 8.06. The van der Waals surface area contributed by atoms with Crippen molar-refractivity contribution in [1.82, 2.24) is 14.5 Å². The monoisotopic (exact) mass is 274 g/mol. The number of nitrogens with zero attached hydrogens (tertiary/aromatic N) is 3. The van der Waals surface area contributed by atoms with Gasteiger partial charge in [0.15, 0.2) is 0 Å². The number of nitrogen functional groups attached to an aromatic ring is 1. The molecule has 2 heterocycles. The molecule has 1 atom stereocenters. The molecule has 1 aromatic carbocycles. The Bertz CT molecular complexity index is 607. The molecule has 3 rings (SSSR count). The van der Waals surface area contributed by atoms with Crippen molar-refractivity contribution in [1.29, 1.82) is 0 Å². The predicted molar refractivity (Wildman–Crippen MR) is 80.9 cm³/mol. The van der Waals surface area contributed by atoms with Gasteiger partial charge in [-0.1, -0.05) is 6.07 Å². The normalized spacial score (nSPS) is 19.8. The molecule has 0 aliphatic carbocycles. The number of imidazole rings is 1. The Morgan fingerprint density at radius 1 is 1.45 bits per heavy atom. The number of benzene rings is 1. The molecule has 2 aromatic rings. The first kappa shape index (κ1) is 13.2. The lowest BCUT2D eigenvalue weighted by Crippen LogP contribution is -2.17. The molecule has 108 valence electrons. The molecule has 1 fully saturated rings. The summed E-state index contributed by atoms with van der Waals surface area (Å²) in [6.45, 7) is 5.85. The molecule has 1 unspecified atom stereocenters. The van der Waals surface area contributed by atoms with Crippen molar-refractivity contribution in [3.05, 3.63) is 18.2 Å². The van der Waals surface area contributed by atoms with Crippen molar-refractivity contribution in [2.24, 2.45) is 5.92 Å². The first-order valence-corrected chi connectivity index (χ1v) is 7.25. The highest BCUT2D eigenvalue weighted by atomic mass is 16.5. The molecule has 1 saturated heterocycles. The van der Waals surface area contributed by atoms with Crippen LogP contribution in [-0.4, -0.2) is 41.2 Å². The average Bonchev–Trinajstić information content (AvgIpc) is 2.97. The highest BCUT2D eigenvalue weighted by Crippen LogP contribution is 2.29. The van der Waals surface area contributed by atoms with Crippen molar-refractivity contribution in [3.63, 3.8) is 0 Å². The third-order valence-corrected chi connectivity index (χ3v) is 4.00. The molecular weight excluding hydrogens is 252 g/mol. The first-order chi connectivity index (χ1) is 9.69. The maximum Gasteiger partial charge on any atom is 0.201 e. The van der Waals surface area contributed by atoms with Crippen LogP contribution in [-0.2, 0) is 6.54 Å². The Hall–Kier alpha value is -1.75. The van der Waals surface area contributed by atoms with E-state index in [2.05, 4.69) is 27.6 Å². The lowest BCUT2D eigenvalue weighted by Gasteiger charge is -2.13. The predicted octanol–water partition coefficient (Wildman–Crippen LogP) is 1.97. The van der Waals surface area contributed by atoms with Crippen LogP contribution in [0.25, 0.3) is 11.0 Å². The second-order valence-electron chi connectivity index (χ2n) is 5.55. The van der Waals surface area contributed by atoms with Gasteiger partial charge in [-0.15, -0.1) is 0 Å². The Morgan fingerprint density at radius 3 is 3.00 bits per heavy atom. The van der Waals surface area contributed by atoms with Gasteiger partial charge in [-0.3, -0.25) is 0 Å². The number of ether oxygens (including phenoxy) is 1. The fraction of sp³-hybridized carbons (Fsp3) is 0.533. The van der Waals surface area contributed by atoms with E-state index in [0.717, 1.165) is 29.9 Å². The molecule has 1 aromatic heterocycles. The molecule has 0 saturated carbocycles. The summed E-state index contributed by atoms with van der Waals surface area (Å²) in [5, 5.41) is 0. The van der Waals surface area contributed by atoms with Crippen LogP contribution in [0.15, 0.2) is 18.2 Å². The SMILES string of the molecule is CCOc1cccc2c1nc(N)n2CC1CCN(C)C1. The van der Waals surface area contributed by atoms with Gasteiger partial charge in [-0.05, 0) is 45.0 Å². The summed E-state index contributed by atoms with van der Waals surface area (Å²) >= 11 is 0. The smallest absolute Gasteiger partial charge is 0.201 e. The Kier molecular flexibility index (Phi) is 3.53. The van der Waals surface area contributed by atoms with Gasteiger partial charge in [0.05, 0.1) is 12.1 Å². The number of hydrogen-bond acceptors (Lipinski definition) is 4. The largest absolute Gasteiger partial charge is 0.492 e. The minimum Gasteiger partial charge on any atom is -0.492 e. The topological polar surface area (TPSA) is 56.3 Å². The van der Waals surface area contributed by atoms with Gasteiger partial charge in [0, 0.05) is 13.1 Å². The van der Waals surface area contributed by atoms with Crippen LogP contribution in [0, 0.1) is 5.92 Å². The summed E-state index contributed by atoms with van der Waals surface area (Å²) < 4.78 is 7.76. The second kappa shape index (κ2) is 5.32. The van der Waals surface area contributed by atoms with Crippen LogP contribution < -0.4 is 10.5 Å². The number of rotatable bonds is 4. The van der Waals surface area contributed by atoms with Crippen LogP contribution in [0.5, 0.6) is 5.75 Å². The number of likely N-dealkylation sites (tertiary alicyclic amines) is 1. The Labute approximate surface area is 119 Å². The van der Waals surface area contributed by atoms with Crippen LogP contribution in [0.4, 0.5) is 5.95 Å². The average molecular weight is 274 g/mol. The van der Waals surface area contributed by atoms with E-state index in [9.17, 15) is 0 Å². The lowest BCUT2D eigenvalue weighted by atomic mass is 10.1. The zero-order chi connectivity index (χ0) is 14.1. The second-order valence-corrected chi connectivity index (χ2v) is 5.55. The van der Waals surface area contributed by atoms with E-state index < -0.39 is 0 Å². The number of hydrogen-bond donors (Lipinski definition) is 1. The van der Waals surface area contributed by atoms with Gasteiger partial charge < -0.3 is 19.9 Å². The lowest BCUT2D eigenvalue weighted by molar-refractivity contribution is 0.343. The standard InChI is InChI=1S/C15H22N4O/c1-3-20-13-6-4-5-12-14(13)17-15(16)19(12)10-11-7-8-18(2)9-11/h4-6,11H,3,7-10H2,1-2H3,(H2,16,17). The fourth-order valence-electron chi connectivity index (χ4n) is 3.04. The maximum absolute atomic E-state index is 6.11. The first-order valence-electron chi connectivity index (χ1n) is 7.25. The number of para-hydroxylation sites is 1. The van der Waals surface area contributed by atoms with E-state index in [-0.39, 0.29) is 0 Å². The number of fused-ring (bicyclic) bond motifs is 1. The van der Waals surface area contributed by atoms with Crippen molar-refractivity contribution >= 4 is 17.0 Å². The molecule has 5 heteroatoms. The summed E-state index contributed by atoms with van der Waals surface area (Å²) in [4.78, 5) is 6.86. The third kappa shape index (κ3) is 2.33. The van der Waals surface area contributed by atoms with Crippen LogP contribution in [0.3, 0.4) is 0 Å². The molecule has 20 heavy (non-hydrogen) atoms. The molecule has 2 N–H and O–H groups in total. The fourth-order valence-corrected chi connectivity index (χ4v) is 3.04. The van der Waals surface area contributed by atoms with Gasteiger partial charge in [-0.2, -0.15) is 0 Å². The molecule has 0 spiro atoms. The van der Waals surface area contributed by atoms with E-state index in [1.807, 2.05) is 19.1 Å². The Balaban J connectivity index is 1.94. The van der Waals surface area contributed by atoms with Crippen LogP contribution in [0.1, 0.15) is 13.3 Å². The van der Waals surface area contributed by atoms with E-state index in [0.29, 0.717) is 18.5 Å². The quantitative estimate of drug-likeness (QED) is 0.926.